The van der Waals surface area contributed by atoms with Gasteiger partial charge in [-0.05, 0) is 30.7 Å². The van der Waals surface area contributed by atoms with E-state index in [1.54, 1.807) is 0 Å². The van der Waals surface area contributed by atoms with Crippen LogP contribution in [0.2, 0.25) is 0 Å². The Morgan fingerprint density at radius 1 is 1.21 bits per heavy atom. The predicted molar refractivity (Wildman–Crippen MR) is 60.8 cm³/mol. The minimum Gasteiger partial charge on any atom is -0.252 e. The van der Waals surface area contributed by atoms with Crippen molar-refractivity contribution in [3.05, 3.63) is 36.0 Å². The van der Waals surface area contributed by atoms with Gasteiger partial charge in [0.05, 0.1) is 11.2 Å². The summed E-state index contributed by atoms with van der Waals surface area (Å²) in [6.07, 6.45) is 2.41. The molecule has 2 heterocycles. The molecule has 1 aromatic heterocycles. The highest BCUT2D eigenvalue weighted by Gasteiger charge is 2.11. The van der Waals surface area contributed by atoms with E-state index in [0.29, 0.717) is 0 Å². The molecule has 0 unspecified atom stereocenters. The zero-order chi connectivity index (χ0) is 9.38. The fourth-order valence-corrected chi connectivity index (χ4v) is 2.90. The summed E-state index contributed by atoms with van der Waals surface area (Å²) in [7, 11) is 0. The molecule has 1 aromatic carbocycles. The minimum atomic E-state index is 1.13. The third-order valence-corrected chi connectivity index (χ3v) is 3.74. The Labute approximate surface area is 87.5 Å². The first kappa shape index (κ1) is 8.30. The highest BCUT2D eigenvalue weighted by atomic mass is 32.2. The molecule has 2 aromatic rings. The average Bonchev–Trinajstić information content (AvgIpc) is 2.26. The number of benzene rings is 1. The van der Waals surface area contributed by atoms with Crippen LogP contribution in [0.15, 0.2) is 35.2 Å². The first-order chi connectivity index (χ1) is 6.93. The number of pyridine rings is 1. The second kappa shape index (κ2) is 3.28. The number of hydrogen-bond donors (Lipinski definition) is 0. The molecule has 14 heavy (non-hydrogen) atoms. The van der Waals surface area contributed by atoms with E-state index in [-0.39, 0.29) is 0 Å². The van der Waals surface area contributed by atoms with Gasteiger partial charge in [0.15, 0.2) is 0 Å². The molecule has 0 saturated heterocycles. The topological polar surface area (TPSA) is 12.9 Å². The summed E-state index contributed by atoms with van der Waals surface area (Å²) in [6, 6.07) is 10.6. The van der Waals surface area contributed by atoms with Gasteiger partial charge in [-0.15, -0.1) is 11.8 Å². The molecule has 2 heteroatoms. The summed E-state index contributed by atoms with van der Waals surface area (Å²) in [5.41, 5.74) is 2.42. The number of rotatable bonds is 0. The maximum atomic E-state index is 4.69. The summed E-state index contributed by atoms with van der Waals surface area (Å²) >= 11 is 1.94. The summed E-state index contributed by atoms with van der Waals surface area (Å²) in [4.78, 5) is 6.08. The molecule has 0 atom stereocenters. The van der Waals surface area contributed by atoms with Crippen LogP contribution < -0.4 is 0 Å². The van der Waals surface area contributed by atoms with E-state index in [0.717, 1.165) is 11.9 Å². The van der Waals surface area contributed by atoms with E-state index >= 15 is 0 Å². The molecular weight excluding hydrogens is 190 g/mol. The van der Waals surface area contributed by atoms with Gasteiger partial charge in [0.2, 0.25) is 0 Å². The van der Waals surface area contributed by atoms with Crippen LogP contribution in [0.4, 0.5) is 0 Å². The lowest BCUT2D eigenvalue weighted by Gasteiger charge is -2.14. The van der Waals surface area contributed by atoms with Crippen molar-refractivity contribution in [1.82, 2.24) is 4.98 Å². The fourth-order valence-electron chi connectivity index (χ4n) is 1.86. The summed E-state index contributed by atoms with van der Waals surface area (Å²) in [6.45, 7) is 0. The van der Waals surface area contributed by atoms with Crippen molar-refractivity contribution in [2.24, 2.45) is 0 Å². The third kappa shape index (κ3) is 1.30. The largest absolute Gasteiger partial charge is 0.252 e. The number of thioether (sulfide) groups is 1. The summed E-state index contributed by atoms with van der Waals surface area (Å²) < 4.78 is 0. The lowest BCUT2D eigenvalue weighted by atomic mass is 10.1. The Bertz CT molecular complexity index is 434. The molecule has 0 fully saturated rings. The molecule has 1 nitrogen and oxygen atoms in total. The molecule has 0 saturated carbocycles. The second-order valence-corrected chi connectivity index (χ2v) is 4.71. The lowest BCUT2D eigenvalue weighted by Crippen LogP contribution is -2.01. The van der Waals surface area contributed by atoms with E-state index < -0.39 is 0 Å². The van der Waals surface area contributed by atoms with Gasteiger partial charge in [-0.2, -0.15) is 0 Å². The van der Waals surface area contributed by atoms with E-state index in [9.17, 15) is 0 Å². The van der Waals surface area contributed by atoms with Crippen LogP contribution in [-0.4, -0.2) is 10.7 Å². The van der Waals surface area contributed by atoms with Crippen LogP contribution in [0.1, 0.15) is 12.1 Å². The molecule has 0 spiro atoms. The number of nitrogens with zero attached hydrogens (tertiary/aromatic N) is 1. The quantitative estimate of drug-likeness (QED) is 0.648. The average molecular weight is 201 g/mol. The molecule has 0 aliphatic carbocycles. The van der Waals surface area contributed by atoms with E-state index in [4.69, 9.17) is 4.98 Å². The SMILES string of the molecule is c1ccc2nc3c(cc2c1)SCCC3. The molecule has 0 amide bonds. The van der Waals surface area contributed by atoms with Crippen LogP contribution in [0.5, 0.6) is 0 Å². The van der Waals surface area contributed by atoms with Crippen LogP contribution >= 0.6 is 11.8 Å². The van der Waals surface area contributed by atoms with Gasteiger partial charge in [-0.3, -0.25) is 4.98 Å². The fraction of sp³-hybridized carbons (Fsp3) is 0.250. The molecular formula is C12H11NS. The number of aromatic nitrogens is 1. The Kier molecular flexibility index (Phi) is 1.95. The van der Waals surface area contributed by atoms with Crippen molar-refractivity contribution < 1.29 is 0 Å². The smallest absolute Gasteiger partial charge is 0.0706 e. The molecule has 0 radical (unpaired) electrons. The lowest BCUT2D eigenvalue weighted by molar-refractivity contribution is 0.853. The number of para-hydroxylation sites is 1. The monoisotopic (exact) mass is 201 g/mol. The molecule has 70 valence electrons. The molecule has 0 bridgehead atoms. The van der Waals surface area contributed by atoms with Crippen LogP contribution in [-0.2, 0) is 6.42 Å². The Hall–Kier alpha value is -1.02. The number of hydrogen-bond acceptors (Lipinski definition) is 2. The van der Waals surface area contributed by atoms with Gasteiger partial charge in [0.25, 0.3) is 0 Å². The highest BCUT2D eigenvalue weighted by Crippen LogP contribution is 2.31. The van der Waals surface area contributed by atoms with Crippen molar-refractivity contribution in [3.8, 4) is 0 Å². The van der Waals surface area contributed by atoms with Crippen LogP contribution in [0.3, 0.4) is 0 Å². The second-order valence-electron chi connectivity index (χ2n) is 3.58. The van der Waals surface area contributed by atoms with Crippen LogP contribution in [0, 0.1) is 0 Å². The first-order valence-electron chi connectivity index (χ1n) is 4.95. The maximum absolute atomic E-state index is 4.69. The molecule has 1 aliphatic rings. The summed E-state index contributed by atoms with van der Waals surface area (Å²) in [5, 5.41) is 1.26. The van der Waals surface area contributed by atoms with Gasteiger partial charge in [-0.25, -0.2) is 0 Å². The van der Waals surface area contributed by atoms with E-state index in [1.165, 1.54) is 28.1 Å². The highest BCUT2D eigenvalue weighted by molar-refractivity contribution is 7.99. The molecule has 3 rings (SSSR count). The van der Waals surface area contributed by atoms with Gasteiger partial charge in [-0.1, -0.05) is 18.2 Å². The van der Waals surface area contributed by atoms with Gasteiger partial charge in [0.1, 0.15) is 0 Å². The van der Waals surface area contributed by atoms with Crippen molar-refractivity contribution >= 4 is 22.7 Å². The maximum Gasteiger partial charge on any atom is 0.0706 e. The van der Waals surface area contributed by atoms with Gasteiger partial charge < -0.3 is 0 Å². The van der Waals surface area contributed by atoms with Crippen molar-refractivity contribution in [3.63, 3.8) is 0 Å². The Morgan fingerprint density at radius 3 is 3.14 bits per heavy atom. The standard InChI is InChI=1S/C12H11NS/c1-2-5-10-9(4-1)8-12-11(13-10)6-3-7-14-12/h1-2,4-5,8H,3,6-7H2. The van der Waals surface area contributed by atoms with E-state index in [2.05, 4.69) is 30.3 Å². The molecule has 0 N–H and O–H groups in total. The first-order valence-corrected chi connectivity index (χ1v) is 5.93. The Balaban J connectivity index is 2.27. The zero-order valence-corrected chi connectivity index (χ0v) is 8.68. The Morgan fingerprint density at radius 2 is 2.14 bits per heavy atom. The minimum absolute atomic E-state index is 1.13. The normalized spacial score (nSPS) is 15.4. The number of fused-ring (bicyclic) bond motifs is 2. The van der Waals surface area contributed by atoms with Crippen molar-refractivity contribution in [2.45, 2.75) is 17.7 Å². The van der Waals surface area contributed by atoms with E-state index in [1.807, 2.05) is 11.8 Å². The van der Waals surface area contributed by atoms with Crippen molar-refractivity contribution in [2.75, 3.05) is 5.75 Å². The van der Waals surface area contributed by atoms with Crippen LogP contribution in [0.25, 0.3) is 10.9 Å². The van der Waals surface area contributed by atoms with Gasteiger partial charge in [0, 0.05) is 10.3 Å². The number of aryl methyl sites for hydroxylation is 1. The van der Waals surface area contributed by atoms with Crippen molar-refractivity contribution in [1.29, 1.82) is 0 Å². The zero-order valence-electron chi connectivity index (χ0n) is 7.86. The van der Waals surface area contributed by atoms with Gasteiger partial charge >= 0.3 is 0 Å². The molecule has 1 aliphatic heterocycles. The summed E-state index contributed by atoms with van der Waals surface area (Å²) in [5.74, 6) is 1.24. The predicted octanol–water partition coefficient (Wildman–Crippen LogP) is 3.27. The third-order valence-electron chi connectivity index (χ3n) is 2.58.